The molecule has 1 heterocycles. The number of nitrogens with zero attached hydrogens (tertiary/aromatic N) is 2. The molecular weight excluding hydrogens is 184 g/mol. The van der Waals surface area contributed by atoms with Crippen molar-refractivity contribution >= 4 is 23.2 Å². The number of rotatable bonds is 2. The Balaban J connectivity index is 3.05. The maximum Gasteiger partial charge on any atom is 0.325 e. The Bertz CT molecular complexity index is 254. The zero-order valence-corrected chi connectivity index (χ0v) is 9.44. The molecule has 1 aliphatic heterocycles. The van der Waals surface area contributed by atoms with Crippen LogP contribution in [0.5, 0.6) is 0 Å². The molecule has 74 valence electrons. The summed E-state index contributed by atoms with van der Waals surface area (Å²) in [6, 6.07) is 0.0249. The van der Waals surface area contributed by atoms with Crippen LogP contribution >= 0.6 is 12.2 Å². The molecule has 0 aromatic rings. The lowest BCUT2D eigenvalue weighted by atomic mass is 9.99. The Morgan fingerprint density at radius 1 is 1.46 bits per heavy atom. The van der Waals surface area contributed by atoms with Gasteiger partial charge in [0.1, 0.15) is 4.99 Å². The predicted molar refractivity (Wildman–Crippen MR) is 56.8 cm³/mol. The van der Waals surface area contributed by atoms with Crippen LogP contribution in [-0.4, -0.2) is 40.0 Å². The van der Waals surface area contributed by atoms with Crippen molar-refractivity contribution in [2.45, 2.75) is 32.7 Å². The molecule has 0 bridgehead atoms. The van der Waals surface area contributed by atoms with Gasteiger partial charge in [-0.15, -0.1) is 0 Å². The van der Waals surface area contributed by atoms with Crippen LogP contribution in [-0.2, 0) is 0 Å². The van der Waals surface area contributed by atoms with Crippen LogP contribution in [0.3, 0.4) is 0 Å². The first-order chi connectivity index (χ1) is 5.99. The van der Waals surface area contributed by atoms with E-state index >= 15 is 0 Å². The van der Waals surface area contributed by atoms with E-state index in [0.717, 1.165) is 11.4 Å². The number of hydrogen-bond acceptors (Lipinski definition) is 2. The summed E-state index contributed by atoms with van der Waals surface area (Å²) in [4.78, 5) is 15.8. The molecular formula is C9H16N2OS. The van der Waals surface area contributed by atoms with Gasteiger partial charge in [-0.05, 0) is 20.3 Å². The number of thiocarbonyl (C=S) groups is 1. The van der Waals surface area contributed by atoms with Gasteiger partial charge in [-0.2, -0.15) is 0 Å². The number of carbonyl (C=O) groups is 1. The number of hydrogen-bond donors (Lipinski definition) is 0. The zero-order valence-electron chi connectivity index (χ0n) is 8.63. The van der Waals surface area contributed by atoms with Crippen molar-refractivity contribution in [1.29, 1.82) is 0 Å². The Hall–Kier alpha value is -0.640. The van der Waals surface area contributed by atoms with Gasteiger partial charge in [0, 0.05) is 13.6 Å². The number of amides is 2. The van der Waals surface area contributed by atoms with Crippen molar-refractivity contribution < 1.29 is 4.79 Å². The summed E-state index contributed by atoms with van der Waals surface area (Å²) < 4.78 is 0. The number of carbonyl (C=O) groups excluding carboxylic acids is 1. The first kappa shape index (κ1) is 10.4. The molecule has 13 heavy (non-hydrogen) atoms. The lowest BCUT2D eigenvalue weighted by molar-refractivity contribution is 0.183. The monoisotopic (exact) mass is 200 g/mol. The third-order valence-electron chi connectivity index (χ3n) is 2.97. The van der Waals surface area contributed by atoms with Crippen LogP contribution < -0.4 is 0 Å². The fourth-order valence-electron chi connectivity index (χ4n) is 1.58. The Kier molecular flexibility index (Phi) is 2.61. The molecule has 0 aromatic carbocycles. The fourth-order valence-corrected chi connectivity index (χ4v) is 2.07. The van der Waals surface area contributed by atoms with E-state index in [2.05, 4.69) is 6.92 Å². The van der Waals surface area contributed by atoms with Crippen molar-refractivity contribution in [3.05, 3.63) is 0 Å². The van der Waals surface area contributed by atoms with Gasteiger partial charge in [-0.3, -0.25) is 4.90 Å². The maximum absolute atomic E-state index is 11.7. The minimum Gasteiger partial charge on any atom is -0.316 e. The van der Waals surface area contributed by atoms with Gasteiger partial charge in [-0.1, -0.05) is 19.1 Å². The third-order valence-corrected chi connectivity index (χ3v) is 3.63. The quantitative estimate of drug-likeness (QED) is 0.635. The van der Waals surface area contributed by atoms with Gasteiger partial charge in [-0.25, -0.2) is 4.79 Å². The zero-order chi connectivity index (χ0) is 10.2. The second-order valence-corrected chi connectivity index (χ2v) is 3.91. The highest BCUT2D eigenvalue weighted by Crippen LogP contribution is 2.29. The summed E-state index contributed by atoms with van der Waals surface area (Å²) >= 11 is 5.29. The van der Waals surface area contributed by atoms with Crippen LogP contribution in [0.4, 0.5) is 4.79 Å². The van der Waals surface area contributed by atoms with Crippen LogP contribution in [0.2, 0.25) is 0 Å². The van der Waals surface area contributed by atoms with Gasteiger partial charge in [0.2, 0.25) is 0 Å². The summed E-state index contributed by atoms with van der Waals surface area (Å²) in [6.45, 7) is 6.68. The summed E-state index contributed by atoms with van der Waals surface area (Å²) in [5.41, 5.74) is -0.261. The molecule has 0 saturated carbocycles. The van der Waals surface area contributed by atoms with Crippen LogP contribution in [0.25, 0.3) is 0 Å². The average Bonchev–Trinajstić information content (AvgIpc) is 2.29. The van der Waals surface area contributed by atoms with Crippen molar-refractivity contribution in [3.8, 4) is 0 Å². The Labute approximate surface area is 84.7 Å². The van der Waals surface area contributed by atoms with E-state index in [-0.39, 0.29) is 11.6 Å². The van der Waals surface area contributed by atoms with E-state index in [1.54, 1.807) is 9.80 Å². The largest absolute Gasteiger partial charge is 0.325 e. The van der Waals surface area contributed by atoms with E-state index in [1.165, 1.54) is 0 Å². The highest BCUT2D eigenvalue weighted by molar-refractivity contribution is 7.80. The molecule has 0 N–H and O–H groups in total. The van der Waals surface area contributed by atoms with Gasteiger partial charge in [0.25, 0.3) is 0 Å². The highest BCUT2D eigenvalue weighted by atomic mass is 32.1. The molecule has 1 fully saturated rings. The minimum atomic E-state index is -0.261. The van der Waals surface area contributed by atoms with Crippen molar-refractivity contribution in [3.63, 3.8) is 0 Å². The van der Waals surface area contributed by atoms with Gasteiger partial charge >= 0.3 is 6.03 Å². The molecule has 0 spiro atoms. The summed E-state index contributed by atoms with van der Waals surface area (Å²) in [6.07, 6.45) is 0.866. The molecule has 1 saturated heterocycles. The van der Waals surface area contributed by atoms with Gasteiger partial charge in [0.15, 0.2) is 0 Å². The molecule has 1 unspecified atom stereocenters. The molecule has 1 atom stereocenters. The molecule has 0 radical (unpaired) electrons. The second-order valence-electron chi connectivity index (χ2n) is 3.52. The maximum atomic E-state index is 11.7. The van der Waals surface area contributed by atoms with E-state index in [0.29, 0.717) is 6.54 Å². The molecule has 0 aromatic heterocycles. The molecule has 1 aliphatic rings. The fraction of sp³-hybridized carbons (Fsp3) is 0.778. The van der Waals surface area contributed by atoms with Gasteiger partial charge < -0.3 is 4.90 Å². The Morgan fingerprint density at radius 2 is 2.00 bits per heavy atom. The lowest BCUT2D eigenvalue weighted by Gasteiger charge is -2.28. The number of urea groups is 1. The topological polar surface area (TPSA) is 23.6 Å². The standard InChI is InChI=1S/C9H16N2OS/c1-5-9(3)7(13)11(6-2)8(12)10(9)4/h5-6H2,1-4H3. The molecule has 3 nitrogen and oxygen atoms in total. The predicted octanol–water partition coefficient (Wildman–Crippen LogP) is 1.87. The SMILES string of the molecule is CCN1C(=O)N(C)C(C)(CC)C1=S. The molecule has 1 rings (SSSR count). The third kappa shape index (κ3) is 1.24. The first-order valence-corrected chi connectivity index (χ1v) is 4.99. The van der Waals surface area contributed by atoms with E-state index in [1.807, 2.05) is 20.9 Å². The normalized spacial score (nSPS) is 28.9. The summed E-state index contributed by atoms with van der Waals surface area (Å²) in [5.74, 6) is 0. The molecule has 0 aliphatic carbocycles. The Morgan fingerprint density at radius 3 is 2.23 bits per heavy atom. The van der Waals surface area contributed by atoms with Crippen LogP contribution in [0.15, 0.2) is 0 Å². The summed E-state index contributed by atoms with van der Waals surface area (Å²) in [7, 11) is 1.81. The molecule has 2 amide bonds. The van der Waals surface area contributed by atoms with Crippen molar-refractivity contribution in [2.24, 2.45) is 0 Å². The highest BCUT2D eigenvalue weighted by Gasteiger charge is 2.47. The average molecular weight is 200 g/mol. The van der Waals surface area contributed by atoms with Crippen LogP contribution in [0.1, 0.15) is 27.2 Å². The first-order valence-electron chi connectivity index (χ1n) is 4.58. The second kappa shape index (κ2) is 3.25. The van der Waals surface area contributed by atoms with E-state index < -0.39 is 0 Å². The summed E-state index contributed by atoms with van der Waals surface area (Å²) in [5, 5.41) is 0. The van der Waals surface area contributed by atoms with Crippen LogP contribution in [0, 0.1) is 0 Å². The smallest absolute Gasteiger partial charge is 0.316 e. The lowest BCUT2D eigenvalue weighted by Crippen LogP contribution is -2.43. The van der Waals surface area contributed by atoms with E-state index in [9.17, 15) is 4.79 Å². The number of likely N-dealkylation sites (N-methyl/N-ethyl adjacent to an activating group) is 2. The minimum absolute atomic E-state index is 0.0249. The van der Waals surface area contributed by atoms with Crippen molar-refractivity contribution in [2.75, 3.05) is 13.6 Å². The molecule has 4 heteroatoms. The van der Waals surface area contributed by atoms with E-state index in [4.69, 9.17) is 12.2 Å². The van der Waals surface area contributed by atoms with Gasteiger partial charge in [0.05, 0.1) is 5.54 Å². The van der Waals surface area contributed by atoms with Crippen molar-refractivity contribution in [1.82, 2.24) is 9.80 Å².